The lowest BCUT2D eigenvalue weighted by molar-refractivity contribution is -0.385. The van der Waals surface area contributed by atoms with Gasteiger partial charge in [-0.2, -0.15) is 0 Å². The molecule has 9 nitrogen and oxygen atoms in total. The van der Waals surface area contributed by atoms with Crippen LogP contribution in [0.1, 0.15) is 18.4 Å². The van der Waals surface area contributed by atoms with Crippen LogP contribution in [0.3, 0.4) is 0 Å². The molecular formula is C15H12N2O7S2. The highest BCUT2D eigenvalue weighted by Gasteiger charge is 2.33. The van der Waals surface area contributed by atoms with Gasteiger partial charge in [-0.3, -0.25) is 24.6 Å². The number of ether oxygens (including phenoxy) is 2. The molecule has 1 saturated heterocycles. The molecule has 2 aliphatic rings. The molecule has 2 aliphatic heterocycles. The van der Waals surface area contributed by atoms with Crippen molar-refractivity contribution in [1.82, 2.24) is 4.90 Å². The van der Waals surface area contributed by atoms with Gasteiger partial charge in [0.2, 0.25) is 6.79 Å². The molecule has 0 saturated carbocycles. The summed E-state index contributed by atoms with van der Waals surface area (Å²) in [5.74, 6) is -0.729. The molecule has 1 N–H and O–H groups in total. The summed E-state index contributed by atoms with van der Waals surface area (Å²) in [6.07, 6.45) is 1.57. The average Bonchev–Trinajstić information content (AvgIpc) is 3.12. The molecule has 1 fully saturated rings. The molecular weight excluding hydrogens is 384 g/mol. The lowest BCUT2D eigenvalue weighted by Crippen LogP contribution is -2.29. The van der Waals surface area contributed by atoms with Crippen molar-refractivity contribution in [3.63, 3.8) is 0 Å². The number of carboxylic acids is 1. The summed E-state index contributed by atoms with van der Waals surface area (Å²) in [7, 11) is 0. The van der Waals surface area contributed by atoms with Crippen molar-refractivity contribution in [3.05, 3.63) is 32.7 Å². The van der Waals surface area contributed by atoms with E-state index in [0.717, 1.165) is 11.8 Å². The van der Waals surface area contributed by atoms with Gasteiger partial charge in [-0.15, -0.1) is 0 Å². The summed E-state index contributed by atoms with van der Waals surface area (Å²) in [4.78, 5) is 35.4. The van der Waals surface area contributed by atoms with Gasteiger partial charge < -0.3 is 14.6 Å². The molecule has 136 valence electrons. The number of hydrogen-bond acceptors (Lipinski definition) is 8. The van der Waals surface area contributed by atoms with Gasteiger partial charge in [0.1, 0.15) is 4.32 Å². The fraction of sp³-hybridized carbons (Fsp3) is 0.267. The van der Waals surface area contributed by atoms with E-state index in [2.05, 4.69) is 0 Å². The Balaban J connectivity index is 1.86. The Morgan fingerprint density at radius 1 is 1.42 bits per heavy atom. The van der Waals surface area contributed by atoms with E-state index in [1.165, 1.54) is 23.1 Å². The van der Waals surface area contributed by atoms with Crippen molar-refractivity contribution in [2.24, 2.45) is 0 Å². The van der Waals surface area contributed by atoms with Gasteiger partial charge in [-0.1, -0.05) is 24.0 Å². The Hall–Kier alpha value is -2.66. The molecule has 2 heterocycles. The number of benzene rings is 1. The second kappa shape index (κ2) is 7.30. The first kappa shape index (κ1) is 18.1. The van der Waals surface area contributed by atoms with Crippen LogP contribution in [-0.4, -0.2) is 44.5 Å². The van der Waals surface area contributed by atoms with Crippen LogP contribution >= 0.6 is 24.0 Å². The lowest BCUT2D eigenvalue weighted by Gasteiger charge is -2.13. The van der Waals surface area contributed by atoms with Gasteiger partial charge >= 0.3 is 5.97 Å². The molecule has 0 atom stereocenters. The first-order chi connectivity index (χ1) is 12.4. The molecule has 1 amide bonds. The molecule has 3 rings (SSSR count). The third-order valence-electron chi connectivity index (χ3n) is 3.65. The zero-order chi connectivity index (χ0) is 18.8. The first-order valence-electron chi connectivity index (χ1n) is 7.42. The van der Waals surface area contributed by atoms with Crippen LogP contribution in [0.25, 0.3) is 6.08 Å². The predicted octanol–water partition coefficient (Wildman–Crippen LogP) is 2.39. The standard InChI is InChI=1S/C15H12N2O7S2/c18-13(19)2-1-3-16-14(20)12(26-15(16)25)5-8-4-10-11(24-7-23-10)6-9(8)17(21)22/h4-6H,1-3,7H2,(H,18,19)/b12-5+. The zero-order valence-corrected chi connectivity index (χ0v) is 14.8. The van der Waals surface area contributed by atoms with Crippen LogP contribution in [0.15, 0.2) is 17.0 Å². The number of thioether (sulfide) groups is 1. The van der Waals surface area contributed by atoms with E-state index in [9.17, 15) is 19.7 Å². The zero-order valence-electron chi connectivity index (χ0n) is 13.2. The Labute approximate surface area is 156 Å². The highest BCUT2D eigenvalue weighted by Crippen LogP contribution is 2.40. The minimum atomic E-state index is -0.957. The number of amides is 1. The smallest absolute Gasteiger partial charge is 0.303 e. The molecule has 0 aliphatic carbocycles. The van der Waals surface area contributed by atoms with E-state index in [1.54, 1.807) is 0 Å². The third kappa shape index (κ3) is 3.63. The Kier molecular flexibility index (Phi) is 5.09. The van der Waals surface area contributed by atoms with Gasteiger partial charge in [0.25, 0.3) is 11.6 Å². The topological polar surface area (TPSA) is 119 Å². The lowest BCUT2D eigenvalue weighted by atomic mass is 10.1. The van der Waals surface area contributed by atoms with Crippen LogP contribution in [0.4, 0.5) is 5.69 Å². The number of aliphatic carboxylic acids is 1. The maximum atomic E-state index is 12.5. The van der Waals surface area contributed by atoms with Crippen molar-refractivity contribution in [2.45, 2.75) is 12.8 Å². The highest BCUT2D eigenvalue weighted by molar-refractivity contribution is 8.26. The van der Waals surface area contributed by atoms with E-state index in [1.807, 2.05) is 0 Å². The molecule has 26 heavy (non-hydrogen) atoms. The van der Waals surface area contributed by atoms with Gasteiger partial charge in [0, 0.05) is 13.0 Å². The largest absolute Gasteiger partial charge is 0.481 e. The van der Waals surface area contributed by atoms with Crippen LogP contribution in [0, 0.1) is 10.1 Å². The second-order valence-electron chi connectivity index (χ2n) is 5.35. The molecule has 0 unspecified atom stereocenters. The van der Waals surface area contributed by atoms with E-state index in [4.69, 9.17) is 26.8 Å². The van der Waals surface area contributed by atoms with Gasteiger partial charge in [0.15, 0.2) is 11.5 Å². The number of nitro groups is 1. The van der Waals surface area contributed by atoms with E-state index >= 15 is 0 Å². The Morgan fingerprint density at radius 2 is 2.12 bits per heavy atom. The van der Waals surface area contributed by atoms with Gasteiger partial charge in [-0.25, -0.2) is 0 Å². The van der Waals surface area contributed by atoms with Gasteiger partial charge in [-0.05, 0) is 18.6 Å². The molecule has 1 aromatic carbocycles. The quantitative estimate of drug-likeness (QED) is 0.334. The molecule has 1 aromatic rings. The normalized spacial score (nSPS) is 17.2. The highest BCUT2D eigenvalue weighted by atomic mass is 32.2. The average molecular weight is 396 g/mol. The van der Waals surface area contributed by atoms with Gasteiger partial charge in [0.05, 0.1) is 21.5 Å². The van der Waals surface area contributed by atoms with Crippen LogP contribution < -0.4 is 9.47 Å². The summed E-state index contributed by atoms with van der Waals surface area (Å²) in [6, 6.07) is 2.69. The number of hydrogen-bond donors (Lipinski definition) is 1. The number of fused-ring (bicyclic) bond motifs is 1. The van der Waals surface area contributed by atoms with E-state index in [0.29, 0.717) is 5.75 Å². The molecule has 0 spiro atoms. The summed E-state index contributed by atoms with van der Waals surface area (Å²) in [5, 5.41) is 20.0. The fourth-order valence-electron chi connectivity index (χ4n) is 2.44. The molecule has 11 heteroatoms. The Morgan fingerprint density at radius 3 is 2.77 bits per heavy atom. The molecule has 0 aromatic heterocycles. The van der Waals surface area contributed by atoms with Crippen LogP contribution in [0.2, 0.25) is 0 Å². The summed E-state index contributed by atoms with van der Waals surface area (Å²) < 4.78 is 10.6. The Bertz CT molecular complexity index is 853. The summed E-state index contributed by atoms with van der Waals surface area (Å²) >= 11 is 6.17. The summed E-state index contributed by atoms with van der Waals surface area (Å²) in [5.41, 5.74) is -0.0179. The number of carboxylic acid groups (broad SMARTS) is 1. The van der Waals surface area contributed by atoms with Crippen molar-refractivity contribution in [1.29, 1.82) is 0 Å². The minimum absolute atomic E-state index is 0.0262. The maximum Gasteiger partial charge on any atom is 0.303 e. The monoisotopic (exact) mass is 396 g/mol. The van der Waals surface area contributed by atoms with E-state index < -0.39 is 16.8 Å². The third-order valence-corrected chi connectivity index (χ3v) is 5.03. The first-order valence-corrected chi connectivity index (χ1v) is 8.64. The minimum Gasteiger partial charge on any atom is -0.481 e. The van der Waals surface area contributed by atoms with Crippen molar-refractivity contribution in [2.75, 3.05) is 13.3 Å². The summed E-state index contributed by atoms with van der Waals surface area (Å²) in [6.45, 7) is 0.152. The number of carbonyl (C=O) groups is 2. The predicted molar refractivity (Wildman–Crippen MR) is 96.0 cm³/mol. The van der Waals surface area contributed by atoms with Crippen LogP contribution in [-0.2, 0) is 9.59 Å². The number of thiocarbonyl (C=S) groups is 1. The number of rotatable bonds is 6. The number of carbonyl (C=O) groups excluding carboxylic acids is 1. The number of nitrogens with zero attached hydrogens (tertiary/aromatic N) is 2. The fourth-order valence-corrected chi connectivity index (χ4v) is 3.74. The molecule has 0 bridgehead atoms. The van der Waals surface area contributed by atoms with Crippen molar-refractivity contribution < 1.29 is 29.1 Å². The van der Waals surface area contributed by atoms with Crippen LogP contribution in [0.5, 0.6) is 11.5 Å². The van der Waals surface area contributed by atoms with Crippen molar-refractivity contribution >= 4 is 51.9 Å². The van der Waals surface area contributed by atoms with Crippen molar-refractivity contribution in [3.8, 4) is 11.5 Å². The SMILES string of the molecule is O=C(O)CCCN1C(=O)/C(=C\c2cc3c(cc2[N+](=O)[O-])OCO3)SC1=S. The number of nitro benzene ring substituents is 1. The second-order valence-corrected chi connectivity index (χ2v) is 7.03. The molecule has 0 radical (unpaired) electrons. The van der Waals surface area contributed by atoms with E-state index in [-0.39, 0.29) is 52.4 Å². The maximum absolute atomic E-state index is 12.5.